The number of hydrogen-bond donors (Lipinski definition) is 0. The summed E-state index contributed by atoms with van der Waals surface area (Å²) in [6, 6.07) is 12.3. The first kappa shape index (κ1) is 11.3. The Morgan fingerprint density at radius 1 is 1.00 bits per heavy atom. The van der Waals surface area contributed by atoms with Crippen molar-refractivity contribution in [3.8, 4) is 28.7 Å². The molecule has 0 aromatic heterocycles. The Bertz CT molecular complexity index is 661. The lowest BCUT2D eigenvalue weighted by molar-refractivity contribution is -0.128. The summed E-state index contributed by atoms with van der Waals surface area (Å²) in [5, 5.41) is 0. The summed E-state index contributed by atoms with van der Waals surface area (Å²) in [5.41, 5.74) is 0. The summed E-state index contributed by atoms with van der Waals surface area (Å²) in [7, 11) is 0. The third-order valence-electron chi connectivity index (χ3n) is 2.59. The molecule has 1 aliphatic heterocycles. The standard InChI is InChI=1S/C15H10O4/c1-2-15(16)17-10-7-8-13-14(9-10)19-12-6-4-3-5-11(12)18-13/h2-9H,1H2. The van der Waals surface area contributed by atoms with Crippen LogP contribution in [0.25, 0.3) is 0 Å². The molecule has 0 aliphatic carbocycles. The van der Waals surface area contributed by atoms with Crippen LogP contribution in [-0.4, -0.2) is 5.97 Å². The second-order valence-corrected chi connectivity index (χ2v) is 3.88. The SMILES string of the molecule is C=CC(=O)Oc1ccc2c(c1)Oc1ccccc1O2. The number of para-hydroxylation sites is 2. The Kier molecular flexibility index (Phi) is 2.68. The van der Waals surface area contributed by atoms with Gasteiger partial charge >= 0.3 is 5.97 Å². The largest absolute Gasteiger partial charge is 0.450 e. The summed E-state index contributed by atoms with van der Waals surface area (Å²) in [5.74, 6) is 2.24. The van der Waals surface area contributed by atoms with Crippen LogP contribution in [0.1, 0.15) is 0 Å². The quantitative estimate of drug-likeness (QED) is 0.397. The van der Waals surface area contributed by atoms with Crippen LogP contribution < -0.4 is 14.2 Å². The maximum absolute atomic E-state index is 11.1. The molecule has 19 heavy (non-hydrogen) atoms. The number of carbonyl (C=O) groups excluding carboxylic acids is 1. The minimum absolute atomic E-state index is 0.381. The number of rotatable bonds is 2. The maximum Gasteiger partial charge on any atom is 0.335 e. The topological polar surface area (TPSA) is 44.8 Å². The third-order valence-corrected chi connectivity index (χ3v) is 2.59. The Balaban J connectivity index is 1.91. The Morgan fingerprint density at radius 2 is 1.63 bits per heavy atom. The fourth-order valence-electron chi connectivity index (χ4n) is 1.73. The average molecular weight is 254 g/mol. The van der Waals surface area contributed by atoms with Gasteiger partial charge in [0.05, 0.1) is 0 Å². The first-order valence-corrected chi connectivity index (χ1v) is 5.69. The van der Waals surface area contributed by atoms with Gasteiger partial charge in [-0.1, -0.05) is 18.7 Å². The van der Waals surface area contributed by atoms with Crippen LogP contribution in [0.4, 0.5) is 0 Å². The lowest BCUT2D eigenvalue weighted by Crippen LogP contribution is -2.04. The van der Waals surface area contributed by atoms with E-state index in [1.54, 1.807) is 24.3 Å². The van der Waals surface area contributed by atoms with Crippen molar-refractivity contribution in [2.75, 3.05) is 0 Å². The molecule has 0 fully saturated rings. The summed E-state index contributed by atoms with van der Waals surface area (Å²) >= 11 is 0. The molecule has 0 saturated heterocycles. The van der Waals surface area contributed by atoms with Crippen molar-refractivity contribution >= 4 is 5.97 Å². The van der Waals surface area contributed by atoms with E-state index in [2.05, 4.69) is 6.58 Å². The molecule has 0 unspecified atom stereocenters. The maximum atomic E-state index is 11.1. The zero-order valence-electron chi connectivity index (χ0n) is 9.96. The molecule has 3 rings (SSSR count). The highest BCUT2D eigenvalue weighted by Crippen LogP contribution is 2.46. The number of ether oxygens (including phenoxy) is 3. The molecule has 0 atom stereocenters. The normalized spacial score (nSPS) is 11.4. The molecule has 0 spiro atoms. The van der Waals surface area contributed by atoms with E-state index in [4.69, 9.17) is 14.2 Å². The van der Waals surface area contributed by atoms with E-state index >= 15 is 0 Å². The number of carbonyl (C=O) groups is 1. The fraction of sp³-hybridized carbons (Fsp3) is 0. The van der Waals surface area contributed by atoms with Crippen LogP contribution in [0.2, 0.25) is 0 Å². The van der Waals surface area contributed by atoms with Crippen LogP contribution in [0.5, 0.6) is 28.7 Å². The van der Waals surface area contributed by atoms with Gasteiger partial charge in [-0.3, -0.25) is 0 Å². The zero-order chi connectivity index (χ0) is 13.2. The van der Waals surface area contributed by atoms with Gasteiger partial charge in [0.25, 0.3) is 0 Å². The number of fused-ring (bicyclic) bond motifs is 2. The highest BCUT2D eigenvalue weighted by molar-refractivity contribution is 5.83. The minimum atomic E-state index is -0.517. The van der Waals surface area contributed by atoms with Gasteiger partial charge in [0.15, 0.2) is 23.0 Å². The monoisotopic (exact) mass is 254 g/mol. The molecule has 2 aromatic rings. The summed E-state index contributed by atoms with van der Waals surface area (Å²) in [6.07, 6.45) is 1.10. The zero-order valence-corrected chi connectivity index (χ0v) is 9.96. The van der Waals surface area contributed by atoms with E-state index in [1.165, 1.54) is 0 Å². The molecule has 94 valence electrons. The predicted molar refractivity (Wildman–Crippen MR) is 68.9 cm³/mol. The van der Waals surface area contributed by atoms with Crippen molar-refractivity contribution in [1.29, 1.82) is 0 Å². The van der Waals surface area contributed by atoms with Crippen LogP contribution in [-0.2, 0) is 4.79 Å². The van der Waals surface area contributed by atoms with Gasteiger partial charge in [-0.15, -0.1) is 0 Å². The Labute approximate surface area is 109 Å². The summed E-state index contributed by atoms with van der Waals surface area (Å²) in [6.45, 7) is 3.34. The van der Waals surface area contributed by atoms with Crippen molar-refractivity contribution < 1.29 is 19.0 Å². The highest BCUT2D eigenvalue weighted by Gasteiger charge is 2.18. The summed E-state index contributed by atoms with van der Waals surface area (Å²) < 4.78 is 16.4. The smallest absolute Gasteiger partial charge is 0.335 e. The predicted octanol–water partition coefficient (Wildman–Crippen LogP) is 3.68. The Hall–Kier alpha value is -2.75. The van der Waals surface area contributed by atoms with Gasteiger partial charge in [-0.05, 0) is 24.3 Å². The first-order chi connectivity index (χ1) is 9.26. The van der Waals surface area contributed by atoms with E-state index < -0.39 is 5.97 Å². The van der Waals surface area contributed by atoms with Gasteiger partial charge in [-0.2, -0.15) is 0 Å². The lowest BCUT2D eigenvalue weighted by Gasteiger charge is -2.20. The molecule has 0 bridgehead atoms. The number of benzene rings is 2. The molecule has 2 aromatic carbocycles. The lowest BCUT2D eigenvalue weighted by atomic mass is 10.2. The van der Waals surface area contributed by atoms with Crippen molar-refractivity contribution in [3.05, 3.63) is 55.1 Å². The van der Waals surface area contributed by atoms with Gasteiger partial charge in [0, 0.05) is 12.1 Å². The highest BCUT2D eigenvalue weighted by atomic mass is 16.6. The van der Waals surface area contributed by atoms with E-state index in [-0.39, 0.29) is 0 Å². The second-order valence-electron chi connectivity index (χ2n) is 3.88. The van der Waals surface area contributed by atoms with Crippen molar-refractivity contribution in [1.82, 2.24) is 0 Å². The molecule has 1 heterocycles. The van der Waals surface area contributed by atoms with E-state index in [0.29, 0.717) is 28.7 Å². The van der Waals surface area contributed by atoms with E-state index in [1.807, 2.05) is 18.2 Å². The molecule has 0 N–H and O–H groups in total. The van der Waals surface area contributed by atoms with Crippen molar-refractivity contribution in [2.45, 2.75) is 0 Å². The van der Waals surface area contributed by atoms with Gasteiger partial charge < -0.3 is 14.2 Å². The molecule has 4 nitrogen and oxygen atoms in total. The van der Waals surface area contributed by atoms with Crippen LogP contribution in [0.3, 0.4) is 0 Å². The van der Waals surface area contributed by atoms with Crippen molar-refractivity contribution in [3.63, 3.8) is 0 Å². The molecular weight excluding hydrogens is 244 g/mol. The minimum Gasteiger partial charge on any atom is -0.450 e. The fourth-order valence-corrected chi connectivity index (χ4v) is 1.73. The molecule has 0 amide bonds. The summed E-state index contributed by atoms with van der Waals surface area (Å²) in [4.78, 5) is 11.1. The molecule has 4 heteroatoms. The molecule has 0 radical (unpaired) electrons. The average Bonchev–Trinajstić information content (AvgIpc) is 2.45. The number of esters is 1. The molecular formula is C15H10O4. The number of hydrogen-bond acceptors (Lipinski definition) is 4. The van der Waals surface area contributed by atoms with Crippen LogP contribution in [0.15, 0.2) is 55.1 Å². The van der Waals surface area contributed by atoms with Crippen LogP contribution >= 0.6 is 0 Å². The van der Waals surface area contributed by atoms with E-state index in [0.717, 1.165) is 6.08 Å². The Morgan fingerprint density at radius 3 is 2.32 bits per heavy atom. The second kappa shape index (κ2) is 4.49. The van der Waals surface area contributed by atoms with Gasteiger partial charge in [0.2, 0.25) is 0 Å². The van der Waals surface area contributed by atoms with Gasteiger partial charge in [0.1, 0.15) is 5.75 Å². The molecule has 1 aliphatic rings. The van der Waals surface area contributed by atoms with Crippen LogP contribution in [0, 0.1) is 0 Å². The molecule has 0 saturated carbocycles. The van der Waals surface area contributed by atoms with Crippen molar-refractivity contribution in [2.24, 2.45) is 0 Å². The first-order valence-electron chi connectivity index (χ1n) is 5.69. The van der Waals surface area contributed by atoms with E-state index in [9.17, 15) is 4.79 Å². The van der Waals surface area contributed by atoms with Gasteiger partial charge in [-0.25, -0.2) is 4.79 Å². The third kappa shape index (κ3) is 2.15.